The SMILES string of the molecule is Cc1cc(C)c2c(c1)[C@@]1(C)N=C(c3cc(Oc4ccc5c(c4)N(c4cc(C(C)(C)C)ccn4)c4ccccc4C5(C)C)c(C)nc3C)O[C@@]1(C)C2(C)C. The van der Waals surface area contributed by atoms with Crippen LogP contribution < -0.4 is 9.64 Å². The van der Waals surface area contributed by atoms with Crippen LogP contribution in [0.25, 0.3) is 0 Å². The zero-order valence-electron chi connectivity index (χ0n) is 33.6. The number of para-hydroxylation sites is 1. The maximum Gasteiger partial charge on any atom is 0.219 e. The molecule has 3 aliphatic rings. The lowest BCUT2D eigenvalue weighted by Crippen LogP contribution is -2.51. The zero-order valence-corrected chi connectivity index (χ0v) is 33.6. The average Bonchev–Trinajstić information content (AvgIpc) is 3.43. The van der Waals surface area contributed by atoms with E-state index >= 15 is 0 Å². The summed E-state index contributed by atoms with van der Waals surface area (Å²) in [5.41, 5.74) is 11.8. The maximum absolute atomic E-state index is 7.05. The van der Waals surface area contributed by atoms with E-state index in [0.29, 0.717) is 11.6 Å². The molecule has 53 heavy (non-hydrogen) atoms. The molecule has 6 nitrogen and oxygen atoms in total. The van der Waals surface area contributed by atoms with Crippen LogP contribution in [0.4, 0.5) is 17.2 Å². The summed E-state index contributed by atoms with van der Waals surface area (Å²) in [6, 6.07) is 26.0. The van der Waals surface area contributed by atoms with Gasteiger partial charge in [0.1, 0.15) is 28.5 Å². The lowest BCUT2D eigenvalue weighted by Gasteiger charge is -2.41. The first kappa shape index (κ1) is 35.1. The van der Waals surface area contributed by atoms with Crippen LogP contribution in [0.15, 0.2) is 84.0 Å². The molecule has 0 unspecified atom stereocenters. The number of anilines is 3. The topological polar surface area (TPSA) is 59.8 Å². The third kappa shape index (κ3) is 4.93. The molecule has 5 aromatic rings. The van der Waals surface area contributed by atoms with Crippen LogP contribution in [-0.4, -0.2) is 21.5 Å². The minimum absolute atomic E-state index is 0.0222. The van der Waals surface area contributed by atoms with Crippen LogP contribution in [0.3, 0.4) is 0 Å². The molecule has 1 aliphatic carbocycles. The van der Waals surface area contributed by atoms with E-state index < -0.39 is 11.1 Å². The number of aliphatic imine (C=N–C) groups is 1. The molecule has 272 valence electrons. The number of rotatable bonds is 4. The quantitative estimate of drug-likeness (QED) is 0.186. The Morgan fingerprint density at radius 3 is 2.19 bits per heavy atom. The van der Waals surface area contributed by atoms with Crippen molar-refractivity contribution in [2.75, 3.05) is 4.90 Å². The minimum Gasteiger partial charge on any atom is -0.467 e. The summed E-state index contributed by atoms with van der Waals surface area (Å²) in [5, 5.41) is 0. The van der Waals surface area contributed by atoms with Crippen molar-refractivity contribution >= 4 is 23.1 Å². The molecule has 8 rings (SSSR count). The summed E-state index contributed by atoms with van der Waals surface area (Å²) in [6.45, 7) is 28.7. The van der Waals surface area contributed by atoms with Crippen molar-refractivity contribution in [1.82, 2.24) is 9.97 Å². The summed E-state index contributed by atoms with van der Waals surface area (Å²) >= 11 is 0. The van der Waals surface area contributed by atoms with Crippen molar-refractivity contribution in [3.05, 3.63) is 135 Å². The molecule has 0 fully saturated rings. The van der Waals surface area contributed by atoms with Crippen LogP contribution in [-0.2, 0) is 26.5 Å². The molecule has 0 N–H and O–H groups in total. The number of ether oxygens (including phenoxy) is 2. The van der Waals surface area contributed by atoms with Crippen molar-refractivity contribution in [3.8, 4) is 11.5 Å². The Kier molecular flexibility index (Phi) is 7.46. The highest BCUT2D eigenvalue weighted by Crippen LogP contribution is 2.63. The van der Waals surface area contributed by atoms with Gasteiger partial charge in [-0.05, 0) is 111 Å². The fourth-order valence-corrected chi connectivity index (χ4v) is 9.38. The number of aromatic nitrogens is 2. The van der Waals surface area contributed by atoms with Crippen molar-refractivity contribution in [2.45, 2.75) is 117 Å². The van der Waals surface area contributed by atoms with E-state index in [1.165, 1.54) is 38.9 Å². The van der Waals surface area contributed by atoms with Crippen LogP contribution in [0.5, 0.6) is 11.5 Å². The van der Waals surface area contributed by atoms with E-state index in [1.807, 2.05) is 20.0 Å². The van der Waals surface area contributed by atoms with Crippen molar-refractivity contribution in [2.24, 2.45) is 4.99 Å². The molecular formula is C47H52N4O2. The van der Waals surface area contributed by atoms with Gasteiger partial charge in [0.2, 0.25) is 5.90 Å². The third-order valence-electron chi connectivity index (χ3n) is 12.7. The Hall–Kier alpha value is -4.97. The highest BCUT2D eigenvalue weighted by molar-refractivity contribution is 5.98. The van der Waals surface area contributed by atoms with Crippen molar-refractivity contribution < 1.29 is 9.47 Å². The van der Waals surface area contributed by atoms with Gasteiger partial charge in [-0.3, -0.25) is 9.88 Å². The fraction of sp³-hybridized carbons (Fsp3) is 0.383. The second kappa shape index (κ2) is 11.3. The Bertz CT molecular complexity index is 2380. The van der Waals surface area contributed by atoms with Gasteiger partial charge in [0.15, 0.2) is 0 Å². The van der Waals surface area contributed by atoms with Crippen molar-refractivity contribution in [1.29, 1.82) is 0 Å². The molecule has 0 radical (unpaired) electrons. The predicted molar refractivity (Wildman–Crippen MR) is 216 cm³/mol. The highest BCUT2D eigenvalue weighted by Gasteiger charge is 2.68. The number of benzene rings is 3. The molecule has 4 heterocycles. The molecule has 2 aromatic heterocycles. The second-order valence-electron chi connectivity index (χ2n) is 17.9. The maximum atomic E-state index is 7.05. The number of nitrogens with zero attached hydrogens (tertiary/aromatic N) is 4. The van der Waals surface area contributed by atoms with Crippen LogP contribution in [0.2, 0.25) is 0 Å². The van der Waals surface area contributed by atoms with Crippen molar-refractivity contribution in [3.63, 3.8) is 0 Å². The lowest BCUT2D eigenvalue weighted by atomic mass is 9.70. The zero-order chi connectivity index (χ0) is 38.0. The van der Waals surface area contributed by atoms with Gasteiger partial charge in [-0.1, -0.05) is 90.4 Å². The summed E-state index contributed by atoms with van der Waals surface area (Å²) < 4.78 is 13.8. The Morgan fingerprint density at radius 2 is 1.45 bits per heavy atom. The molecule has 2 atom stereocenters. The minimum atomic E-state index is -0.585. The summed E-state index contributed by atoms with van der Waals surface area (Å²) in [7, 11) is 0. The molecule has 0 amide bonds. The van der Waals surface area contributed by atoms with Gasteiger partial charge in [0, 0.05) is 23.1 Å². The Labute approximate surface area is 315 Å². The normalized spacial score (nSPS) is 22.0. The van der Waals surface area contributed by atoms with Gasteiger partial charge in [0.25, 0.3) is 0 Å². The summed E-state index contributed by atoms with van der Waals surface area (Å²) in [6.07, 6.45) is 1.92. The standard InChI is InChI=1S/C47H52N4O2/c1-27-22-28(2)41-36(23-27)46(12)47(13,45(41,10)11)53-42(50-46)33-26-39(30(4)49-29(33)3)52-32-18-19-35-38(25-32)51(37-17-15-14-16-34(37)44(35,8)9)40-24-31(20-21-48-40)43(5,6)7/h14-26H,1-13H3/t46-,47+/m1/s1. The number of pyridine rings is 2. The molecule has 0 spiro atoms. The highest BCUT2D eigenvalue weighted by atomic mass is 16.5. The average molecular weight is 705 g/mol. The molecule has 0 saturated heterocycles. The Balaban J connectivity index is 1.22. The van der Waals surface area contributed by atoms with Gasteiger partial charge in [-0.15, -0.1) is 0 Å². The molecule has 0 saturated carbocycles. The first-order valence-corrected chi connectivity index (χ1v) is 18.9. The third-order valence-corrected chi connectivity index (χ3v) is 12.7. The Morgan fingerprint density at radius 1 is 0.736 bits per heavy atom. The molecule has 0 bridgehead atoms. The number of hydrogen-bond acceptors (Lipinski definition) is 6. The number of fused-ring (bicyclic) bond motifs is 5. The van der Waals surface area contributed by atoms with E-state index in [4.69, 9.17) is 24.4 Å². The first-order chi connectivity index (χ1) is 24.8. The number of aryl methyl sites for hydroxylation is 4. The van der Waals surface area contributed by atoms with E-state index in [0.717, 1.165) is 39.9 Å². The molecule has 3 aromatic carbocycles. The van der Waals surface area contributed by atoms with Crippen LogP contribution >= 0.6 is 0 Å². The lowest BCUT2D eigenvalue weighted by molar-refractivity contribution is -0.0138. The van der Waals surface area contributed by atoms with Gasteiger partial charge < -0.3 is 9.47 Å². The van der Waals surface area contributed by atoms with E-state index in [9.17, 15) is 0 Å². The van der Waals surface area contributed by atoms with Gasteiger partial charge in [-0.25, -0.2) is 9.98 Å². The molecular weight excluding hydrogens is 653 g/mol. The summed E-state index contributed by atoms with van der Waals surface area (Å²) in [4.78, 5) is 17.6. The smallest absolute Gasteiger partial charge is 0.219 e. The van der Waals surface area contributed by atoms with Gasteiger partial charge in [0.05, 0.1) is 28.3 Å². The first-order valence-electron chi connectivity index (χ1n) is 18.9. The monoisotopic (exact) mass is 704 g/mol. The fourth-order valence-electron chi connectivity index (χ4n) is 9.38. The largest absolute Gasteiger partial charge is 0.467 e. The van der Waals surface area contributed by atoms with Crippen LogP contribution in [0.1, 0.15) is 118 Å². The molecule has 2 aliphatic heterocycles. The number of hydrogen-bond donors (Lipinski definition) is 0. The van der Waals surface area contributed by atoms with E-state index in [-0.39, 0.29) is 16.2 Å². The second-order valence-corrected chi connectivity index (χ2v) is 17.9. The van der Waals surface area contributed by atoms with Gasteiger partial charge >= 0.3 is 0 Å². The van der Waals surface area contributed by atoms with Crippen LogP contribution in [0, 0.1) is 27.7 Å². The van der Waals surface area contributed by atoms with E-state index in [1.54, 1.807) is 0 Å². The van der Waals surface area contributed by atoms with Gasteiger partial charge in [-0.2, -0.15) is 0 Å². The van der Waals surface area contributed by atoms with E-state index in [2.05, 4.69) is 154 Å². The molecule has 6 heteroatoms. The summed E-state index contributed by atoms with van der Waals surface area (Å²) in [5.74, 6) is 2.89. The predicted octanol–water partition coefficient (Wildman–Crippen LogP) is 11.7.